The number of fused-ring (bicyclic) bond motifs is 1. The number of carbonyl (C=O) groups is 1. The molecule has 2 N–H and O–H groups in total. The van der Waals surface area contributed by atoms with E-state index in [1.54, 1.807) is 0 Å². The number of rotatable bonds is 4. The summed E-state index contributed by atoms with van der Waals surface area (Å²) >= 11 is 0. The lowest BCUT2D eigenvalue weighted by Crippen LogP contribution is -2.55. The molecule has 0 atom stereocenters. The fraction of sp³-hybridized carbons (Fsp3) is 0.368. The number of nitrogens with two attached hydrogens (primary N) is 1. The van der Waals surface area contributed by atoms with E-state index in [0.717, 1.165) is 49.4 Å². The molecule has 1 saturated heterocycles. The molecular weight excluding hydrogens is 302 g/mol. The van der Waals surface area contributed by atoms with Gasteiger partial charge >= 0.3 is 0 Å². The molecule has 0 unspecified atom stereocenters. The van der Waals surface area contributed by atoms with Crippen LogP contribution in [0.15, 0.2) is 30.3 Å². The molecule has 1 fully saturated rings. The van der Waals surface area contributed by atoms with E-state index in [4.69, 9.17) is 15.5 Å². The predicted octanol–water partition coefficient (Wildman–Crippen LogP) is 2.25. The molecule has 0 spiro atoms. The van der Waals surface area contributed by atoms with Gasteiger partial charge in [0.25, 0.3) is 5.91 Å². The SMILES string of the molecule is Cc1ccccc1OC1CN(c2nc3c(cc2C(N)=O)CCC3)C1. The first kappa shape index (κ1) is 15.0. The molecule has 1 aliphatic heterocycles. The number of hydrogen-bond donors (Lipinski definition) is 1. The van der Waals surface area contributed by atoms with Gasteiger partial charge in [-0.1, -0.05) is 18.2 Å². The summed E-state index contributed by atoms with van der Waals surface area (Å²) in [5.41, 5.74) is 9.50. The molecule has 0 saturated carbocycles. The maximum atomic E-state index is 11.8. The van der Waals surface area contributed by atoms with Gasteiger partial charge in [-0.3, -0.25) is 4.79 Å². The van der Waals surface area contributed by atoms with Gasteiger partial charge < -0.3 is 15.4 Å². The normalized spacial score (nSPS) is 16.6. The van der Waals surface area contributed by atoms with E-state index < -0.39 is 5.91 Å². The molecule has 4 rings (SSSR count). The second-order valence-electron chi connectivity index (χ2n) is 6.59. The predicted molar refractivity (Wildman–Crippen MR) is 92.6 cm³/mol. The van der Waals surface area contributed by atoms with Gasteiger partial charge in [0.05, 0.1) is 18.7 Å². The van der Waals surface area contributed by atoms with Crippen molar-refractivity contribution >= 4 is 11.7 Å². The van der Waals surface area contributed by atoms with Crippen molar-refractivity contribution in [3.63, 3.8) is 0 Å². The summed E-state index contributed by atoms with van der Waals surface area (Å²) in [4.78, 5) is 18.6. The van der Waals surface area contributed by atoms with Crippen molar-refractivity contribution < 1.29 is 9.53 Å². The van der Waals surface area contributed by atoms with E-state index in [1.807, 2.05) is 37.3 Å². The van der Waals surface area contributed by atoms with E-state index in [2.05, 4.69) is 4.90 Å². The van der Waals surface area contributed by atoms with E-state index >= 15 is 0 Å². The van der Waals surface area contributed by atoms with Crippen LogP contribution in [-0.4, -0.2) is 30.1 Å². The standard InChI is InChI=1S/C19H21N3O2/c1-12-5-2-3-8-17(12)24-14-10-22(11-14)19-15(18(20)23)9-13-6-4-7-16(13)21-19/h2-3,5,8-9,14H,4,6-7,10-11H2,1H3,(H2,20,23). The van der Waals surface area contributed by atoms with E-state index in [0.29, 0.717) is 11.4 Å². The van der Waals surface area contributed by atoms with Crippen molar-refractivity contribution in [2.75, 3.05) is 18.0 Å². The second kappa shape index (κ2) is 5.82. The highest BCUT2D eigenvalue weighted by atomic mass is 16.5. The summed E-state index contributed by atoms with van der Waals surface area (Å²) in [6.07, 6.45) is 3.19. The van der Waals surface area contributed by atoms with Gasteiger partial charge in [0, 0.05) is 5.69 Å². The van der Waals surface area contributed by atoms with E-state index in [9.17, 15) is 4.79 Å². The van der Waals surface area contributed by atoms with Crippen molar-refractivity contribution in [2.24, 2.45) is 5.73 Å². The zero-order chi connectivity index (χ0) is 16.7. The topological polar surface area (TPSA) is 68.4 Å². The molecule has 0 radical (unpaired) electrons. The first-order valence-corrected chi connectivity index (χ1v) is 8.41. The van der Waals surface area contributed by atoms with Crippen molar-refractivity contribution in [3.05, 3.63) is 52.7 Å². The molecule has 24 heavy (non-hydrogen) atoms. The van der Waals surface area contributed by atoms with Crippen LogP contribution in [0.5, 0.6) is 5.75 Å². The summed E-state index contributed by atoms with van der Waals surface area (Å²) in [7, 11) is 0. The number of aromatic nitrogens is 1. The van der Waals surface area contributed by atoms with Gasteiger partial charge in [0.2, 0.25) is 0 Å². The lowest BCUT2D eigenvalue weighted by molar-refractivity contribution is 0.0999. The highest BCUT2D eigenvalue weighted by Crippen LogP contribution is 2.31. The minimum absolute atomic E-state index is 0.113. The maximum Gasteiger partial charge on any atom is 0.252 e. The minimum Gasteiger partial charge on any atom is -0.486 e. The molecule has 2 heterocycles. The Labute approximate surface area is 141 Å². The third kappa shape index (κ3) is 2.60. The number of amides is 1. The molecule has 1 amide bonds. The third-order valence-electron chi connectivity index (χ3n) is 4.83. The molecule has 5 nitrogen and oxygen atoms in total. The van der Waals surface area contributed by atoms with Gasteiger partial charge in [0.1, 0.15) is 17.7 Å². The maximum absolute atomic E-state index is 11.8. The van der Waals surface area contributed by atoms with Crippen LogP contribution >= 0.6 is 0 Å². The van der Waals surface area contributed by atoms with Crippen LogP contribution in [0.3, 0.4) is 0 Å². The molecule has 1 aromatic carbocycles. The molecule has 1 aromatic heterocycles. The van der Waals surface area contributed by atoms with Crippen molar-refractivity contribution in [1.29, 1.82) is 0 Å². The summed E-state index contributed by atoms with van der Waals surface area (Å²) in [5.74, 6) is 1.22. The Morgan fingerprint density at radius 2 is 2.08 bits per heavy atom. The molecule has 1 aliphatic carbocycles. The highest BCUT2D eigenvalue weighted by molar-refractivity contribution is 5.98. The first-order valence-electron chi connectivity index (χ1n) is 8.41. The molecule has 124 valence electrons. The average molecular weight is 323 g/mol. The van der Waals surface area contributed by atoms with Gasteiger partial charge in [-0.15, -0.1) is 0 Å². The summed E-state index contributed by atoms with van der Waals surface area (Å²) in [6.45, 7) is 3.49. The Morgan fingerprint density at radius 1 is 1.29 bits per heavy atom. The highest BCUT2D eigenvalue weighted by Gasteiger charge is 2.33. The van der Waals surface area contributed by atoms with Crippen LogP contribution in [0.2, 0.25) is 0 Å². The lowest BCUT2D eigenvalue weighted by Gasteiger charge is -2.40. The number of nitrogens with zero attached hydrogens (tertiary/aromatic N) is 2. The fourth-order valence-corrected chi connectivity index (χ4v) is 3.44. The van der Waals surface area contributed by atoms with Gasteiger partial charge in [-0.05, 0) is 49.4 Å². The number of carbonyl (C=O) groups excluding carboxylic acids is 1. The Kier molecular flexibility index (Phi) is 3.63. The Hall–Kier alpha value is -2.56. The van der Waals surface area contributed by atoms with Crippen LogP contribution in [0.25, 0.3) is 0 Å². The van der Waals surface area contributed by atoms with Crippen LogP contribution in [0.1, 0.15) is 33.6 Å². The quantitative estimate of drug-likeness (QED) is 0.937. The molecule has 5 heteroatoms. The summed E-state index contributed by atoms with van der Waals surface area (Å²) in [5, 5.41) is 0. The van der Waals surface area contributed by atoms with Crippen LogP contribution in [0, 0.1) is 6.92 Å². The summed E-state index contributed by atoms with van der Waals surface area (Å²) in [6, 6.07) is 9.94. The summed E-state index contributed by atoms with van der Waals surface area (Å²) < 4.78 is 6.04. The molecule has 2 aromatic rings. The molecule has 2 aliphatic rings. The molecule has 0 bridgehead atoms. The van der Waals surface area contributed by atoms with Crippen molar-refractivity contribution in [1.82, 2.24) is 4.98 Å². The number of primary amides is 1. The van der Waals surface area contributed by atoms with E-state index in [1.165, 1.54) is 5.56 Å². The molecular formula is C19H21N3O2. The number of anilines is 1. The van der Waals surface area contributed by atoms with Crippen molar-refractivity contribution in [2.45, 2.75) is 32.3 Å². The zero-order valence-electron chi connectivity index (χ0n) is 13.8. The average Bonchev–Trinajstić information content (AvgIpc) is 2.98. The number of ether oxygens (including phenoxy) is 1. The number of para-hydroxylation sites is 1. The number of benzene rings is 1. The zero-order valence-corrected chi connectivity index (χ0v) is 13.8. The van der Waals surface area contributed by atoms with E-state index in [-0.39, 0.29) is 6.10 Å². The van der Waals surface area contributed by atoms with Crippen LogP contribution in [0.4, 0.5) is 5.82 Å². The van der Waals surface area contributed by atoms with Gasteiger partial charge in [0.15, 0.2) is 0 Å². The number of pyridine rings is 1. The fourth-order valence-electron chi connectivity index (χ4n) is 3.44. The Morgan fingerprint density at radius 3 is 2.83 bits per heavy atom. The largest absolute Gasteiger partial charge is 0.486 e. The Balaban J connectivity index is 1.51. The second-order valence-corrected chi connectivity index (χ2v) is 6.59. The monoisotopic (exact) mass is 323 g/mol. The third-order valence-corrected chi connectivity index (χ3v) is 4.83. The van der Waals surface area contributed by atoms with Crippen LogP contribution in [-0.2, 0) is 12.8 Å². The number of hydrogen-bond acceptors (Lipinski definition) is 4. The smallest absolute Gasteiger partial charge is 0.252 e. The lowest BCUT2D eigenvalue weighted by atomic mass is 10.1. The van der Waals surface area contributed by atoms with Gasteiger partial charge in [-0.25, -0.2) is 4.98 Å². The minimum atomic E-state index is -0.407. The van der Waals surface area contributed by atoms with Gasteiger partial charge in [-0.2, -0.15) is 0 Å². The van der Waals surface area contributed by atoms with Crippen molar-refractivity contribution in [3.8, 4) is 5.75 Å². The Bertz CT molecular complexity index is 797. The van der Waals surface area contributed by atoms with Crippen LogP contribution < -0.4 is 15.4 Å². The number of aryl methyl sites for hydroxylation is 3. The first-order chi connectivity index (χ1) is 11.6.